The van der Waals surface area contributed by atoms with Crippen LogP contribution < -0.4 is 9.62 Å². The van der Waals surface area contributed by atoms with E-state index in [9.17, 15) is 26.8 Å². The number of hydrogen-bond donors (Lipinski definition) is 1. The Morgan fingerprint density at radius 1 is 0.949 bits per heavy atom. The average molecular weight is 578 g/mol. The molecule has 208 valence electrons. The monoisotopic (exact) mass is 577 g/mol. The van der Waals surface area contributed by atoms with Gasteiger partial charge in [0.05, 0.1) is 11.9 Å². The van der Waals surface area contributed by atoms with Gasteiger partial charge in [0.15, 0.2) is 11.6 Å². The van der Waals surface area contributed by atoms with Gasteiger partial charge in [0, 0.05) is 30.1 Å². The van der Waals surface area contributed by atoms with E-state index in [1.807, 2.05) is 18.2 Å². The molecule has 0 aromatic heterocycles. The van der Waals surface area contributed by atoms with Crippen molar-refractivity contribution < 1.29 is 26.8 Å². The quantitative estimate of drug-likeness (QED) is 0.362. The van der Waals surface area contributed by atoms with E-state index >= 15 is 0 Å². The zero-order chi connectivity index (χ0) is 28.7. The molecule has 0 saturated carbocycles. The van der Waals surface area contributed by atoms with E-state index in [-0.39, 0.29) is 24.7 Å². The zero-order valence-electron chi connectivity index (χ0n) is 21.8. The fraction of sp³-hybridized carbons (Fsp3) is 0.286. The van der Waals surface area contributed by atoms with Crippen molar-refractivity contribution in [1.29, 1.82) is 0 Å². The summed E-state index contributed by atoms with van der Waals surface area (Å²) in [7, 11) is -4.11. The third-order valence-corrected chi connectivity index (χ3v) is 7.38. The number of nitrogens with zero attached hydrogens (tertiary/aromatic N) is 2. The van der Waals surface area contributed by atoms with Gasteiger partial charge in [-0.15, -0.1) is 0 Å². The van der Waals surface area contributed by atoms with E-state index in [1.165, 1.54) is 4.90 Å². The molecule has 0 aliphatic heterocycles. The van der Waals surface area contributed by atoms with Crippen LogP contribution in [0.2, 0.25) is 5.02 Å². The first-order chi connectivity index (χ1) is 18.4. The Hall–Kier alpha value is -3.50. The first-order valence-corrected chi connectivity index (χ1v) is 14.4. The summed E-state index contributed by atoms with van der Waals surface area (Å²) in [6, 6.07) is 17.2. The van der Waals surface area contributed by atoms with Crippen LogP contribution in [0.4, 0.5) is 14.5 Å². The molecular weight excluding hydrogens is 548 g/mol. The number of carbonyl (C=O) groups excluding carboxylic acids is 2. The molecule has 0 radical (unpaired) electrons. The molecule has 39 heavy (non-hydrogen) atoms. The molecule has 3 aromatic rings. The average Bonchev–Trinajstić information content (AvgIpc) is 2.87. The summed E-state index contributed by atoms with van der Waals surface area (Å²) in [6.45, 7) is 2.71. The molecule has 1 N–H and O–H groups in total. The molecule has 0 spiro atoms. The Kier molecular flexibility index (Phi) is 10.0. The maximum Gasteiger partial charge on any atom is 0.244 e. The number of carbonyl (C=O) groups is 2. The van der Waals surface area contributed by atoms with Gasteiger partial charge in [-0.25, -0.2) is 17.2 Å². The third kappa shape index (κ3) is 8.24. The SMILES string of the molecule is CC(C)NC(=O)[C@H](Cc1ccccc1)N(Cc1ccccc1Cl)C(=O)CN(c1ccc(F)c(F)c1)S(C)(=O)=O. The van der Waals surface area contributed by atoms with Crippen LogP contribution in [0.25, 0.3) is 0 Å². The fourth-order valence-corrected chi connectivity index (χ4v) is 5.04. The van der Waals surface area contributed by atoms with E-state index in [0.717, 1.165) is 24.0 Å². The number of nitrogens with one attached hydrogen (secondary N) is 1. The molecular formula is C28H30ClF2N3O4S. The lowest BCUT2D eigenvalue weighted by atomic mass is 10.0. The second-order valence-corrected chi connectivity index (χ2v) is 11.7. The van der Waals surface area contributed by atoms with Gasteiger partial charge in [-0.3, -0.25) is 13.9 Å². The second-order valence-electron chi connectivity index (χ2n) is 9.35. The Morgan fingerprint density at radius 3 is 2.18 bits per heavy atom. The number of hydrogen-bond acceptors (Lipinski definition) is 4. The lowest BCUT2D eigenvalue weighted by molar-refractivity contribution is -0.140. The van der Waals surface area contributed by atoms with E-state index < -0.39 is 46.1 Å². The summed E-state index contributed by atoms with van der Waals surface area (Å²) in [5.41, 5.74) is 1.09. The summed E-state index contributed by atoms with van der Waals surface area (Å²) in [5.74, 6) is -3.59. The molecule has 2 amide bonds. The van der Waals surface area contributed by atoms with Crippen molar-refractivity contribution in [3.05, 3.63) is 101 Å². The van der Waals surface area contributed by atoms with Crippen molar-refractivity contribution in [1.82, 2.24) is 10.2 Å². The molecule has 0 fully saturated rings. The number of sulfonamides is 1. The number of halogens is 3. The van der Waals surface area contributed by atoms with Gasteiger partial charge in [-0.1, -0.05) is 60.1 Å². The summed E-state index contributed by atoms with van der Waals surface area (Å²) in [5, 5.41) is 3.20. The number of benzene rings is 3. The number of rotatable bonds is 11. The van der Waals surface area contributed by atoms with Crippen molar-refractivity contribution >= 4 is 39.1 Å². The minimum absolute atomic E-state index is 0.100. The van der Waals surface area contributed by atoms with Crippen molar-refractivity contribution in [2.24, 2.45) is 0 Å². The van der Waals surface area contributed by atoms with Crippen LogP contribution >= 0.6 is 11.6 Å². The van der Waals surface area contributed by atoms with Crippen molar-refractivity contribution in [3.63, 3.8) is 0 Å². The van der Waals surface area contributed by atoms with Crippen LogP contribution in [0.3, 0.4) is 0 Å². The van der Waals surface area contributed by atoms with Crippen molar-refractivity contribution in [2.75, 3.05) is 17.1 Å². The number of anilines is 1. The molecule has 11 heteroatoms. The molecule has 0 aliphatic carbocycles. The number of amides is 2. The summed E-state index contributed by atoms with van der Waals surface area (Å²) < 4.78 is 53.6. The Bertz CT molecular complexity index is 1420. The summed E-state index contributed by atoms with van der Waals surface area (Å²) >= 11 is 6.39. The van der Waals surface area contributed by atoms with Crippen molar-refractivity contribution in [3.8, 4) is 0 Å². The van der Waals surface area contributed by atoms with Crippen LogP contribution in [-0.2, 0) is 32.6 Å². The minimum Gasteiger partial charge on any atom is -0.352 e. The predicted molar refractivity (Wildman–Crippen MR) is 148 cm³/mol. The van der Waals surface area contributed by atoms with Gasteiger partial charge in [0.25, 0.3) is 0 Å². The van der Waals surface area contributed by atoms with Crippen LogP contribution in [0.1, 0.15) is 25.0 Å². The van der Waals surface area contributed by atoms with Gasteiger partial charge in [0.1, 0.15) is 12.6 Å². The maximum atomic E-state index is 14.0. The van der Waals surface area contributed by atoms with Gasteiger partial charge in [0.2, 0.25) is 21.8 Å². The Balaban J connectivity index is 2.08. The molecule has 3 aromatic carbocycles. The molecule has 7 nitrogen and oxygen atoms in total. The van der Waals surface area contributed by atoms with Gasteiger partial charge >= 0.3 is 0 Å². The van der Waals surface area contributed by atoms with Crippen molar-refractivity contribution in [2.45, 2.75) is 38.9 Å². The Morgan fingerprint density at radius 2 is 1.59 bits per heavy atom. The minimum atomic E-state index is -4.11. The highest BCUT2D eigenvalue weighted by Crippen LogP contribution is 2.24. The second kappa shape index (κ2) is 13.0. The lowest BCUT2D eigenvalue weighted by Gasteiger charge is -2.34. The largest absolute Gasteiger partial charge is 0.352 e. The van der Waals surface area contributed by atoms with E-state index in [1.54, 1.807) is 50.2 Å². The summed E-state index contributed by atoms with van der Waals surface area (Å²) in [4.78, 5) is 28.6. The molecule has 0 saturated heterocycles. The van der Waals surface area contributed by atoms with Crippen LogP contribution in [0.15, 0.2) is 72.8 Å². The summed E-state index contributed by atoms with van der Waals surface area (Å²) in [6.07, 6.45) is 0.993. The zero-order valence-corrected chi connectivity index (χ0v) is 23.3. The molecule has 0 heterocycles. The smallest absolute Gasteiger partial charge is 0.244 e. The molecule has 0 bridgehead atoms. The predicted octanol–water partition coefficient (Wildman–Crippen LogP) is 4.55. The first-order valence-electron chi connectivity index (χ1n) is 12.2. The maximum absolute atomic E-state index is 14.0. The third-order valence-electron chi connectivity index (χ3n) is 5.87. The van der Waals surface area contributed by atoms with Crippen LogP contribution in [0, 0.1) is 11.6 Å². The lowest BCUT2D eigenvalue weighted by Crippen LogP contribution is -2.54. The Labute approximate surface area is 232 Å². The molecule has 3 rings (SSSR count). The van der Waals surface area contributed by atoms with Gasteiger partial charge < -0.3 is 10.2 Å². The van der Waals surface area contributed by atoms with E-state index in [0.29, 0.717) is 21.0 Å². The highest BCUT2D eigenvalue weighted by molar-refractivity contribution is 7.92. The van der Waals surface area contributed by atoms with Gasteiger partial charge in [-0.2, -0.15) is 0 Å². The van der Waals surface area contributed by atoms with E-state index in [2.05, 4.69) is 5.32 Å². The molecule has 0 unspecified atom stereocenters. The van der Waals surface area contributed by atoms with E-state index in [4.69, 9.17) is 11.6 Å². The molecule has 1 atom stereocenters. The topological polar surface area (TPSA) is 86.8 Å². The highest BCUT2D eigenvalue weighted by Gasteiger charge is 2.33. The standard InChI is InChI=1S/C28H30ClF2N3O4S/c1-19(2)32-28(36)26(15-20-9-5-4-6-10-20)33(17-21-11-7-8-12-23(21)29)27(35)18-34(39(3,37)38)22-13-14-24(30)25(31)16-22/h4-14,16,19,26H,15,17-18H2,1-3H3,(H,32,36)/t26-/m0/s1. The van der Waals surface area contributed by atoms with Gasteiger partial charge in [-0.05, 0) is 43.2 Å². The normalized spacial score (nSPS) is 12.2. The fourth-order valence-electron chi connectivity index (χ4n) is 4.00. The first kappa shape index (κ1) is 30.0. The van der Waals surface area contributed by atoms with Crippen LogP contribution in [0.5, 0.6) is 0 Å². The highest BCUT2D eigenvalue weighted by atomic mass is 35.5. The molecule has 0 aliphatic rings. The van der Waals surface area contributed by atoms with Crippen LogP contribution in [-0.4, -0.2) is 50.0 Å².